The largest absolute Gasteiger partial charge is 0.465 e. The van der Waals surface area contributed by atoms with Gasteiger partial charge in [0.25, 0.3) is 5.69 Å². The molecule has 1 atom stereocenters. The summed E-state index contributed by atoms with van der Waals surface area (Å²) in [5, 5.41) is 10.7. The number of nitro groups is 1. The maximum atomic E-state index is 12.2. The van der Waals surface area contributed by atoms with Gasteiger partial charge in [-0.05, 0) is 26.3 Å². The molecule has 0 aliphatic heterocycles. The number of hydrogen-bond donors (Lipinski definition) is 1. The first kappa shape index (κ1) is 17.1. The summed E-state index contributed by atoms with van der Waals surface area (Å²) in [4.78, 5) is 21.2. The number of hydrogen-bond acceptors (Lipinski definition) is 6. The van der Waals surface area contributed by atoms with Crippen molar-refractivity contribution in [3.8, 4) is 0 Å². The SMILES string of the molecule is CCOC(=O)[C@@H](C)NS(=O)(=O)c1cc([N+](=O)[O-])ccc1C. The van der Waals surface area contributed by atoms with Crippen molar-refractivity contribution in [1.29, 1.82) is 0 Å². The Morgan fingerprint density at radius 1 is 1.48 bits per heavy atom. The lowest BCUT2D eigenvalue weighted by Gasteiger charge is -2.14. The zero-order valence-corrected chi connectivity index (χ0v) is 12.6. The van der Waals surface area contributed by atoms with Gasteiger partial charge in [0.2, 0.25) is 10.0 Å². The van der Waals surface area contributed by atoms with E-state index in [1.807, 2.05) is 0 Å². The predicted molar refractivity (Wildman–Crippen MR) is 74.2 cm³/mol. The summed E-state index contributed by atoms with van der Waals surface area (Å²) in [6.07, 6.45) is 0. The van der Waals surface area contributed by atoms with Crippen LogP contribution in [-0.4, -0.2) is 32.0 Å². The number of carbonyl (C=O) groups excluding carboxylic acids is 1. The van der Waals surface area contributed by atoms with Crippen LogP contribution in [0.2, 0.25) is 0 Å². The van der Waals surface area contributed by atoms with E-state index in [1.54, 1.807) is 6.92 Å². The van der Waals surface area contributed by atoms with Crippen molar-refractivity contribution in [2.45, 2.75) is 31.7 Å². The molecule has 0 aliphatic rings. The molecule has 1 aromatic carbocycles. The normalized spacial score (nSPS) is 12.7. The molecule has 21 heavy (non-hydrogen) atoms. The van der Waals surface area contributed by atoms with Crippen molar-refractivity contribution >= 4 is 21.7 Å². The Morgan fingerprint density at radius 2 is 2.10 bits per heavy atom. The maximum Gasteiger partial charge on any atom is 0.323 e. The molecule has 0 aliphatic carbocycles. The lowest BCUT2D eigenvalue weighted by atomic mass is 10.2. The van der Waals surface area contributed by atoms with Crippen LogP contribution in [0.25, 0.3) is 0 Å². The second-order valence-electron chi connectivity index (χ2n) is 4.30. The molecular weight excluding hydrogens is 300 g/mol. The summed E-state index contributed by atoms with van der Waals surface area (Å²) in [7, 11) is -4.06. The second kappa shape index (κ2) is 6.64. The van der Waals surface area contributed by atoms with E-state index in [0.717, 1.165) is 6.07 Å². The molecule has 116 valence electrons. The van der Waals surface area contributed by atoms with Gasteiger partial charge in [-0.25, -0.2) is 8.42 Å². The molecule has 0 heterocycles. The van der Waals surface area contributed by atoms with Crippen molar-refractivity contribution in [3.63, 3.8) is 0 Å². The topological polar surface area (TPSA) is 116 Å². The Bertz CT molecular complexity index is 656. The van der Waals surface area contributed by atoms with Crippen molar-refractivity contribution in [2.24, 2.45) is 0 Å². The number of aryl methyl sites for hydroxylation is 1. The quantitative estimate of drug-likeness (QED) is 0.478. The second-order valence-corrected chi connectivity index (χ2v) is 5.98. The molecule has 0 spiro atoms. The monoisotopic (exact) mass is 316 g/mol. The standard InChI is InChI=1S/C12H16N2O6S/c1-4-20-12(15)9(3)13-21(18,19)11-7-10(14(16)17)6-5-8(11)2/h5-7,9,13H,4H2,1-3H3/t9-/m1/s1. The van der Waals surface area contributed by atoms with Gasteiger partial charge in [-0.3, -0.25) is 14.9 Å². The predicted octanol–water partition coefficient (Wildman–Crippen LogP) is 1.13. The van der Waals surface area contributed by atoms with Gasteiger partial charge in [0.05, 0.1) is 16.4 Å². The summed E-state index contributed by atoms with van der Waals surface area (Å²) >= 11 is 0. The van der Waals surface area contributed by atoms with Gasteiger partial charge in [-0.2, -0.15) is 4.72 Å². The minimum Gasteiger partial charge on any atom is -0.465 e. The number of nitrogens with zero attached hydrogens (tertiary/aromatic N) is 1. The number of ether oxygens (including phenoxy) is 1. The zero-order valence-electron chi connectivity index (χ0n) is 11.8. The number of nitrogens with one attached hydrogen (secondary N) is 1. The van der Waals surface area contributed by atoms with Crippen molar-refractivity contribution in [1.82, 2.24) is 4.72 Å². The first-order valence-corrected chi connectivity index (χ1v) is 7.61. The summed E-state index contributed by atoms with van der Waals surface area (Å²) < 4.78 is 31.3. The van der Waals surface area contributed by atoms with Crippen molar-refractivity contribution in [3.05, 3.63) is 33.9 Å². The van der Waals surface area contributed by atoms with Crippen LogP contribution >= 0.6 is 0 Å². The number of non-ortho nitro benzene ring substituents is 1. The fourth-order valence-corrected chi connectivity index (χ4v) is 3.06. The molecule has 8 nitrogen and oxygen atoms in total. The molecule has 0 aromatic heterocycles. The van der Waals surface area contributed by atoms with E-state index in [0.29, 0.717) is 5.56 Å². The third-order valence-electron chi connectivity index (χ3n) is 2.64. The average molecular weight is 316 g/mol. The maximum absolute atomic E-state index is 12.2. The van der Waals surface area contributed by atoms with E-state index >= 15 is 0 Å². The van der Waals surface area contributed by atoms with Gasteiger partial charge < -0.3 is 4.74 Å². The van der Waals surface area contributed by atoms with E-state index in [1.165, 1.54) is 26.0 Å². The molecular formula is C12H16N2O6S. The molecule has 9 heteroatoms. The minimum absolute atomic E-state index is 0.126. The van der Waals surface area contributed by atoms with E-state index in [9.17, 15) is 23.3 Å². The molecule has 0 bridgehead atoms. The lowest BCUT2D eigenvalue weighted by Crippen LogP contribution is -2.39. The Balaban J connectivity index is 3.11. The fraction of sp³-hybridized carbons (Fsp3) is 0.417. The van der Waals surface area contributed by atoms with Gasteiger partial charge in [0.1, 0.15) is 6.04 Å². The number of nitro benzene ring substituents is 1. The molecule has 0 radical (unpaired) electrons. The highest BCUT2D eigenvalue weighted by Crippen LogP contribution is 2.21. The number of sulfonamides is 1. The highest BCUT2D eigenvalue weighted by Gasteiger charge is 2.25. The van der Waals surface area contributed by atoms with Gasteiger partial charge >= 0.3 is 5.97 Å². The summed E-state index contributed by atoms with van der Waals surface area (Å²) in [5.74, 6) is -0.718. The lowest BCUT2D eigenvalue weighted by molar-refractivity contribution is -0.385. The van der Waals surface area contributed by atoms with E-state index in [2.05, 4.69) is 4.72 Å². The zero-order chi connectivity index (χ0) is 16.2. The van der Waals surface area contributed by atoms with Crippen LogP contribution < -0.4 is 4.72 Å². The first-order chi connectivity index (χ1) is 9.69. The van der Waals surface area contributed by atoms with Gasteiger partial charge in [-0.15, -0.1) is 0 Å². The first-order valence-electron chi connectivity index (χ1n) is 6.13. The van der Waals surface area contributed by atoms with Crippen LogP contribution in [0.5, 0.6) is 0 Å². The molecule has 1 aromatic rings. The van der Waals surface area contributed by atoms with Crippen LogP contribution in [-0.2, 0) is 19.6 Å². The van der Waals surface area contributed by atoms with Gasteiger partial charge in [0.15, 0.2) is 0 Å². The number of benzene rings is 1. The van der Waals surface area contributed by atoms with Crippen LogP contribution in [0.3, 0.4) is 0 Å². The molecule has 0 saturated carbocycles. The highest BCUT2D eigenvalue weighted by molar-refractivity contribution is 7.89. The summed E-state index contributed by atoms with van der Waals surface area (Å²) in [6, 6.07) is 2.41. The average Bonchev–Trinajstić information content (AvgIpc) is 2.38. The van der Waals surface area contributed by atoms with E-state index in [-0.39, 0.29) is 17.2 Å². The smallest absolute Gasteiger partial charge is 0.323 e. The summed E-state index contributed by atoms with van der Waals surface area (Å²) in [6.45, 7) is 4.57. The summed E-state index contributed by atoms with van der Waals surface area (Å²) in [5.41, 5.74) is -0.00563. The Hall–Kier alpha value is -2.00. The molecule has 1 N–H and O–H groups in total. The van der Waals surface area contributed by atoms with E-state index < -0.39 is 27.0 Å². The fourth-order valence-electron chi connectivity index (χ4n) is 1.60. The molecule has 0 fully saturated rings. The third kappa shape index (κ3) is 4.23. The highest BCUT2D eigenvalue weighted by atomic mass is 32.2. The van der Waals surface area contributed by atoms with Gasteiger partial charge in [-0.1, -0.05) is 6.07 Å². The van der Waals surface area contributed by atoms with Gasteiger partial charge in [0, 0.05) is 12.1 Å². The molecule has 1 rings (SSSR count). The number of rotatable bonds is 6. The van der Waals surface area contributed by atoms with Crippen molar-refractivity contribution in [2.75, 3.05) is 6.61 Å². The van der Waals surface area contributed by atoms with Crippen LogP contribution in [0.15, 0.2) is 23.1 Å². The Kier molecular flexibility index (Phi) is 5.39. The van der Waals surface area contributed by atoms with Crippen LogP contribution in [0.1, 0.15) is 19.4 Å². The van der Waals surface area contributed by atoms with Crippen LogP contribution in [0, 0.1) is 17.0 Å². The minimum atomic E-state index is -4.06. The Labute approximate surface area is 122 Å². The molecule has 0 unspecified atom stereocenters. The molecule has 0 saturated heterocycles. The number of esters is 1. The number of carbonyl (C=O) groups is 1. The Morgan fingerprint density at radius 3 is 2.62 bits per heavy atom. The third-order valence-corrected chi connectivity index (χ3v) is 4.33. The van der Waals surface area contributed by atoms with Crippen molar-refractivity contribution < 1.29 is 22.9 Å². The van der Waals surface area contributed by atoms with Crippen LogP contribution in [0.4, 0.5) is 5.69 Å². The van der Waals surface area contributed by atoms with E-state index in [4.69, 9.17) is 4.74 Å². The molecule has 0 amide bonds.